The minimum Gasteiger partial charge on any atom is -0.493 e. The highest BCUT2D eigenvalue weighted by atomic mass is 35.5. The van der Waals surface area contributed by atoms with E-state index in [0.717, 1.165) is 25.7 Å². The summed E-state index contributed by atoms with van der Waals surface area (Å²) in [6.45, 7) is 1.79. The first kappa shape index (κ1) is 21.6. The van der Waals surface area contributed by atoms with Crippen molar-refractivity contribution in [2.75, 3.05) is 33.9 Å². The molecule has 2 heterocycles. The molecule has 0 aliphatic carbocycles. The Balaban J connectivity index is 0.00000261. The largest absolute Gasteiger partial charge is 0.493 e. The van der Waals surface area contributed by atoms with Gasteiger partial charge in [-0.3, -0.25) is 4.79 Å². The standard InChI is InChI=1S/C19H28N2O5.ClH/c1-23-15-4-3-5-16(24-2)18(15)26-13-8-10-21(11-9-13)19(22)17-7-6-14(12-20)25-17;/h3-5,13-14,17H,6-12,20H2,1-2H3;1H/t14-,17+;/m1./s1. The molecular weight excluding hydrogens is 372 g/mol. The van der Waals surface area contributed by atoms with E-state index in [1.54, 1.807) is 14.2 Å². The third-order valence-corrected chi connectivity index (χ3v) is 5.07. The Morgan fingerprint density at radius 3 is 2.30 bits per heavy atom. The number of nitrogens with two attached hydrogens (primary N) is 1. The molecule has 2 fully saturated rings. The highest BCUT2D eigenvalue weighted by molar-refractivity contribution is 5.85. The van der Waals surface area contributed by atoms with Crippen LogP contribution in [0, 0.1) is 0 Å². The monoisotopic (exact) mass is 400 g/mol. The van der Waals surface area contributed by atoms with Crippen LogP contribution in [0.5, 0.6) is 17.2 Å². The summed E-state index contributed by atoms with van der Waals surface area (Å²) in [5.41, 5.74) is 5.63. The first-order valence-electron chi connectivity index (χ1n) is 9.18. The van der Waals surface area contributed by atoms with Crippen molar-refractivity contribution in [3.63, 3.8) is 0 Å². The van der Waals surface area contributed by atoms with E-state index in [4.69, 9.17) is 24.7 Å². The molecule has 2 N–H and O–H groups in total. The minimum absolute atomic E-state index is 0. The van der Waals surface area contributed by atoms with Crippen LogP contribution in [0.4, 0.5) is 0 Å². The molecule has 0 saturated carbocycles. The molecule has 1 aromatic rings. The second-order valence-corrected chi connectivity index (χ2v) is 6.69. The fourth-order valence-corrected chi connectivity index (χ4v) is 3.56. The number of ether oxygens (including phenoxy) is 4. The number of hydrogen-bond acceptors (Lipinski definition) is 6. The highest BCUT2D eigenvalue weighted by Gasteiger charge is 2.35. The maximum Gasteiger partial charge on any atom is 0.251 e. The van der Waals surface area contributed by atoms with Gasteiger partial charge in [-0.25, -0.2) is 0 Å². The number of benzene rings is 1. The molecule has 1 aromatic carbocycles. The number of methoxy groups -OCH3 is 2. The summed E-state index contributed by atoms with van der Waals surface area (Å²) in [4.78, 5) is 14.5. The fraction of sp³-hybridized carbons (Fsp3) is 0.632. The van der Waals surface area contributed by atoms with E-state index in [2.05, 4.69) is 0 Å². The Hall–Kier alpha value is -1.70. The van der Waals surface area contributed by atoms with Crippen molar-refractivity contribution in [3.8, 4) is 17.2 Å². The second kappa shape index (κ2) is 10.0. The summed E-state index contributed by atoms with van der Waals surface area (Å²) in [7, 11) is 3.22. The Morgan fingerprint density at radius 1 is 1.15 bits per heavy atom. The molecule has 7 nitrogen and oxygen atoms in total. The van der Waals surface area contributed by atoms with Crippen molar-refractivity contribution < 1.29 is 23.7 Å². The summed E-state index contributed by atoms with van der Waals surface area (Å²) >= 11 is 0. The zero-order chi connectivity index (χ0) is 18.5. The third kappa shape index (κ3) is 4.97. The number of halogens is 1. The molecule has 2 saturated heterocycles. The lowest BCUT2D eigenvalue weighted by molar-refractivity contribution is -0.144. The van der Waals surface area contributed by atoms with Gasteiger partial charge in [-0.2, -0.15) is 0 Å². The predicted octanol–water partition coefficient (Wildman–Crippen LogP) is 2.00. The molecule has 152 valence electrons. The van der Waals surface area contributed by atoms with Gasteiger partial charge in [0.1, 0.15) is 12.2 Å². The molecule has 8 heteroatoms. The normalized spacial score (nSPS) is 22.9. The molecule has 3 rings (SSSR count). The molecular formula is C19H29ClN2O5. The summed E-state index contributed by atoms with van der Waals surface area (Å²) in [6.07, 6.45) is 2.85. The van der Waals surface area contributed by atoms with Gasteiger partial charge in [0.15, 0.2) is 11.5 Å². The lowest BCUT2D eigenvalue weighted by Crippen LogP contribution is -2.46. The van der Waals surface area contributed by atoms with Gasteiger partial charge in [0, 0.05) is 32.5 Å². The number of carbonyl (C=O) groups is 1. The summed E-state index contributed by atoms with van der Waals surface area (Å²) in [5, 5.41) is 0. The number of carbonyl (C=O) groups excluding carboxylic acids is 1. The van der Waals surface area contributed by atoms with E-state index in [0.29, 0.717) is 36.9 Å². The van der Waals surface area contributed by atoms with Crippen LogP contribution in [-0.4, -0.2) is 63.0 Å². The van der Waals surface area contributed by atoms with Crippen LogP contribution < -0.4 is 19.9 Å². The van der Waals surface area contributed by atoms with Crippen LogP contribution in [0.15, 0.2) is 18.2 Å². The zero-order valence-corrected chi connectivity index (χ0v) is 16.7. The second-order valence-electron chi connectivity index (χ2n) is 6.69. The SMILES string of the molecule is COc1cccc(OC)c1OC1CCN(C(=O)[C@@H]2CC[C@H](CN)O2)CC1.Cl. The third-order valence-electron chi connectivity index (χ3n) is 5.07. The molecule has 2 aliphatic rings. The number of likely N-dealkylation sites (tertiary alicyclic amines) is 1. The summed E-state index contributed by atoms with van der Waals surface area (Å²) in [6, 6.07) is 5.56. The maximum absolute atomic E-state index is 12.6. The van der Waals surface area contributed by atoms with Crippen LogP contribution in [0.1, 0.15) is 25.7 Å². The topological polar surface area (TPSA) is 83.2 Å². The molecule has 0 radical (unpaired) electrons. The van der Waals surface area contributed by atoms with E-state index in [1.165, 1.54) is 0 Å². The first-order chi connectivity index (χ1) is 12.7. The van der Waals surface area contributed by atoms with Crippen molar-refractivity contribution in [1.29, 1.82) is 0 Å². The van der Waals surface area contributed by atoms with E-state index < -0.39 is 0 Å². The van der Waals surface area contributed by atoms with E-state index in [9.17, 15) is 4.79 Å². The van der Waals surface area contributed by atoms with E-state index >= 15 is 0 Å². The number of hydrogen-bond donors (Lipinski definition) is 1. The quantitative estimate of drug-likeness (QED) is 0.786. The predicted molar refractivity (Wildman–Crippen MR) is 104 cm³/mol. The molecule has 0 aromatic heterocycles. The zero-order valence-electron chi connectivity index (χ0n) is 15.9. The molecule has 0 unspecified atom stereocenters. The van der Waals surface area contributed by atoms with Gasteiger partial charge in [0.25, 0.3) is 5.91 Å². The van der Waals surface area contributed by atoms with Crippen molar-refractivity contribution in [2.45, 2.75) is 44.0 Å². The Labute approximate surface area is 166 Å². The Morgan fingerprint density at radius 2 is 1.78 bits per heavy atom. The average molecular weight is 401 g/mol. The Bertz CT molecular complexity index is 600. The fourth-order valence-electron chi connectivity index (χ4n) is 3.56. The number of amides is 1. The summed E-state index contributed by atoms with van der Waals surface area (Å²) in [5.74, 6) is 1.99. The lowest BCUT2D eigenvalue weighted by Gasteiger charge is -2.34. The number of nitrogens with zero attached hydrogens (tertiary/aromatic N) is 1. The van der Waals surface area contributed by atoms with E-state index in [1.807, 2.05) is 23.1 Å². The van der Waals surface area contributed by atoms with Crippen LogP contribution >= 0.6 is 12.4 Å². The van der Waals surface area contributed by atoms with Crippen LogP contribution in [0.25, 0.3) is 0 Å². The number of para-hydroxylation sites is 1. The molecule has 27 heavy (non-hydrogen) atoms. The van der Waals surface area contributed by atoms with Gasteiger partial charge in [-0.05, 0) is 25.0 Å². The van der Waals surface area contributed by atoms with Gasteiger partial charge in [0.2, 0.25) is 5.75 Å². The molecule has 0 spiro atoms. The smallest absolute Gasteiger partial charge is 0.251 e. The Kier molecular flexibility index (Phi) is 8.01. The van der Waals surface area contributed by atoms with Crippen molar-refractivity contribution in [2.24, 2.45) is 5.73 Å². The van der Waals surface area contributed by atoms with Gasteiger partial charge in [-0.15, -0.1) is 12.4 Å². The van der Waals surface area contributed by atoms with Crippen molar-refractivity contribution in [3.05, 3.63) is 18.2 Å². The molecule has 2 aliphatic heterocycles. The van der Waals surface area contributed by atoms with Crippen molar-refractivity contribution in [1.82, 2.24) is 4.90 Å². The van der Waals surface area contributed by atoms with Gasteiger partial charge < -0.3 is 29.6 Å². The maximum atomic E-state index is 12.6. The van der Waals surface area contributed by atoms with Crippen molar-refractivity contribution >= 4 is 18.3 Å². The van der Waals surface area contributed by atoms with Crippen LogP contribution in [0.2, 0.25) is 0 Å². The average Bonchev–Trinajstić information content (AvgIpc) is 3.17. The van der Waals surface area contributed by atoms with Crippen LogP contribution in [-0.2, 0) is 9.53 Å². The molecule has 2 atom stereocenters. The first-order valence-corrected chi connectivity index (χ1v) is 9.18. The number of rotatable bonds is 6. The highest BCUT2D eigenvalue weighted by Crippen LogP contribution is 2.38. The van der Waals surface area contributed by atoms with Gasteiger partial charge in [-0.1, -0.05) is 6.07 Å². The van der Waals surface area contributed by atoms with E-state index in [-0.39, 0.29) is 36.6 Å². The summed E-state index contributed by atoms with van der Waals surface area (Å²) < 4.78 is 22.6. The minimum atomic E-state index is -0.338. The van der Waals surface area contributed by atoms with Gasteiger partial charge >= 0.3 is 0 Å². The molecule has 0 bridgehead atoms. The molecule has 1 amide bonds. The van der Waals surface area contributed by atoms with Crippen LogP contribution in [0.3, 0.4) is 0 Å². The van der Waals surface area contributed by atoms with Gasteiger partial charge in [0.05, 0.1) is 20.3 Å². The number of piperidine rings is 1. The lowest BCUT2D eigenvalue weighted by atomic mass is 10.1.